The molecule has 1 atom stereocenters. The summed E-state index contributed by atoms with van der Waals surface area (Å²) in [6, 6.07) is 7.33. The molecule has 1 rings (SSSR count). The number of hydrogen-bond acceptors (Lipinski definition) is 3. The molecule has 1 amide bonds. The molecule has 0 aliphatic carbocycles. The van der Waals surface area contributed by atoms with Gasteiger partial charge in [-0.05, 0) is 37.6 Å². The van der Waals surface area contributed by atoms with E-state index in [-0.39, 0.29) is 17.7 Å². The Morgan fingerprint density at radius 3 is 2.58 bits per heavy atom. The fourth-order valence-electron chi connectivity index (χ4n) is 2.01. The van der Waals surface area contributed by atoms with Crippen molar-refractivity contribution in [3.05, 3.63) is 29.8 Å². The predicted molar refractivity (Wildman–Crippen MR) is 77.1 cm³/mol. The highest BCUT2D eigenvalue weighted by molar-refractivity contribution is 5.77. The number of benzene rings is 1. The third kappa shape index (κ3) is 4.56. The van der Waals surface area contributed by atoms with E-state index < -0.39 is 0 Å². The maximum absolute atomic E-state index is 11.9. The number of phenolic OH excluding ortho intramolecular Hbond substituents is 1. The average Bonchev–Trinajstić information content (AvgIpc) is 2.37. The summed E-state index contributed by atoms with van der Waals surface area (Å²) in [6.45, 7) is 5.42. The number of carbonyl (C=O) groups is 1. The van der Waals surface area contributed by atoms with Crippen molar-refractivity contribution in [3.8, 4) is 5.75 Å². The molecule has 0 saturated carbocycles. The van der Waals surface area contributed by atoms with E-state index in [9.17, 15) is 9.90 Å². The van der Waals surface area contributed by atoms with E-state index in [0.717, 1.165) is 18.5 Å². The predicted octanol–water partition coefficient (Wildman–Crippen LogP) is 2.25. The van der Waals surface area contributed by atoms with Crippen LogP contribution in [-0.4, -0.2) is 48.0 Å². The number of hydrogen-bond donors (Lipinski definition) is 1. The molecule has 4 nitrogen and oxygen atoms in total. The molecule has 4 heteroatoms. The molecule has 1 aromatic carbocycles. The van der Waals surface area contributed by atoms with Gasteiger partial charge in [0.1, 0.15) is 5.75 Å². The molecule has 0 aromatic heterocycles. The Morgan fingerprint density at radius 2 is 2.05 bits per heavy atom. The lowest BCUT2D eigenvalue weighted by Crippen LogP contribution is -2.38. The van der Waals surface area contributed by atoms with Gasteiger partial charge in [0.15, 0.2) is 0 Å². The second kappa shape index (κ2) is 7.14. The van der Waals surface area contributed by atoms with Crippen molar-refractivity contribution in [3.63, 3.8) is 0 Å². The van der Waals surface area contributed by atoms with Crippen LogP contribution in [0.2, 0.25) is 0 Å². The summed E-state index contributed by atoms with van der Waals surface area (Å²) in [5.41, 5.74) is 1.03. The van der Waals surface area contributed by atoms with Crippen LogP contribution in [0.5, 0.6) is 5.75 Å². The highest BCUT2D eigenvalue weighted by Gasteiger charge is 2.19. The van der Waals surface area contributed by atoms with Crippen molar-refractivity contribution >= 4 is 5.91 Å². The Balaban J connectivity index is 2.83. The molecule has 0 radical (unpaired) electrons. The van der Waals surface area contributed by atoms with E-state index >= 15 is 0 Å². The van der Waals surface area contributed by atoms with Crippen LogP contribution < -0.4 is 0 Å². The minimum atomic E-state index is 0.0976. The number of amides is 1. The third-order valence-corrected chi connectivity index (χ3v) is 3.25. The topological polar surface area (TPSA) is 43.8 Å². The molecule has 0 fully saturated rings. The lowest BCUT2D eigenvalue weighted by atomic mass is 10.1. The molecule has 0 aliphatic heterocycles. The standard InChI is InChI=1S/C15H24N2O2/c1-5-9-17(11-15(19)16(3)4)12(2)13-7-6-8-14(18)10-13/h6-8,10,12,18H,5,9,11H2,1-4H3. The Kier molecular flexibility index (Phi) is 5.83. The number of carbonyl (C=O) groups excluding carboxylic acids is 1. The molecule has 1 N–H and O–H groups in total. The Bertz CT molecular complexity index is 418. The molecule has 1 aromatic rings. The molecule has 0 bridgehead atoms. The Hall–Kier alpha value is -1.55. The molecule has 0 spiro atoms. The van der Waals surface area contributed by atoms with Gasteiger partial charge >= 0.3 is 0 Å². The quantitative estimate of drug-likeness (QED) is 0.857. The van der Waals surface area contributed by atoms with Gasteiger partial charge in [-0.1, -0.05) is 19.1 Å². The normalized spacial score (nSPS) is 12.5. The van der Waals surface area contributed by atoms with Gasteiger partial charge in [-0.2, -0.15) is 0 Å². The van der Waals surface area contributed by atoms with Gasteiger partial charge in [0.2, 0.25) is 5.91 Å². The lowest BCUT2D eigenvalue weighted by molar-refractivity contribution is -0.130. The minimum Gasteiger partial charge on any atom is -0.508 e. The molecular formula is C15H24N2O2. The van der Waals surface area contributed by atoms with Gasteiger partial charge in [0.05, 0.1) is 6.54 Å². The number of rotatable bonds is 6. The Labute approximate surface area is 115 Å². The second-order valence-electron chi connectivity index (χ2n) is 5.03. The largest absolute Gasteiger partial charge is 0.508 e. The van der Waals surface area contributed by atoms with Crippen LogP contribution in [-0.2, 0) is 4.79 Å². The van der Waals surface area contributed by atoms with Crippen molar-refractivity contribution in [2.75, 3.05) is 27.2 Å². The fraction of sp³-hybridized carbons (Fsp3) is 0.533. The van der Waals surface area contributed by atoms with Crippen molar-refractivity contribution in [2.45, 2.75) is 26.3 Å². The van der Waals surface area contributed by atoms with E-state index in [1.807, 2.05) is 12.1 Å². The van der Waals surface area contributed by atoms with E-state index in [4.69, 9.17) is 0 Å². The highest BCUT2D eigenvalue weighted by atomic mass is 16.3. The van der Waals surface area contributed by atoms with Gasteiger partial charge in [-0.15, -0.1) is 0 Å². The SMILES string of the molecule is CCCN(CC(=O)N(C)C)C(C)c1cccc(O)c1. The summed E-state index contributed by atoms with van der Waals surface area (Å²) in [5.74, 6) is 0.361. The van der Waals surface area contributed by atoms with Gasteiger partial charge < -0.3 is 10.0 Å². The summed E-state index contributed by atoms with van der Waals surface area (Å²) in [4.78, 5) is 15.6. The maximum Gasteiger partial charge on any atom is 0.236 e. The van der Waals surface area contributed by atoms with Gasteiger partial charge in [-0.25, -0.2) is 0 Å². The first-order valence-electron chi connectivity index (χ1n) is 6.68. The molecular weight excluding hydrogens is 240 g/mol. The molecule has 19 heavy (non-hydrogen) atoms. The molecule has 0 saturated heterocycles. The van der Waals surface area contributed by atoms with Crippen molar-refractivity contribution in [1.82, 2.24) is 9.80 Å². The van der Waals surface area contributed by atoms with Crippen LogP contribution in [0.4, 0.5) is 0 Å². The number of nitrogens with zero attached hydrogens (tertiary/aromatic N) is 2. The lowest BCUT2D eigenvalue weighted by Gasteiger charge is -2.29. The van der Waals surface area contributed by atoms with Gasteiger partial charge in [-0.3, -0.25) is 9.69 Å². The van der Waals surface area contributed by atoms with Crippen molar-refractivity contribution in [2.24, 2.45) is 0 Å². The molecule has 0 heterocycles. The zero-order valence-electron chi connectivity index (χ0n) is 12.3. The summed E-state index contributed by atoms with van der Waals surface area (Å²) in [7, 11) is 3.54. The van der Waals surface area contributed by atoms with Crippen molar-refractivity contribution < 1.29 is 9.90 Å². The highest BCUT2D eigenvalue weighted by Crippen LogP contribution is 2.23. The first kappa shape index (κ1) is 15.5. The van der Waals surface area contributed by atoms with Gasteiger partial charge in [0.25, 0.3) is 0 Å². The zero-order chi connectivity index (χ0) is 14.4. The first-order chi connectivity index (χ1) is 8.95. The molecule has 0 aliphatic rings. The molecule has 106 valence electrons. The fourth-order valence-corrected chi connectivity index (χ4v) is 2.01. The second-order valence-corrected chi connectivity index (χ2v) is 5.03. The van der Waals surface area contributed by atoms with E-state index in [0.29, 0.717) is 6.54 Å². The first-order valence-corrected chi connectivity index (χ1v) is 6.68. The summed E-state index contributed by atoms with van der Waals surface area (Å²) in [5, 5.41) is 9.55. The van der Waals surface area contributed by atoms with Crippen LogP contribution in [0, 0.1) is 0 Å². The third-order valence-electron chi connectivity index (χ3n) is 3.25. The number of aromatic hydroxyl groups is 1. The number of phenols is 1. The minimum absolute atomic E-state index is 0.0976. The van der Waals surface area contributed by atoms with E-state index in [1.54, 1.807) is 31.1 Å². The summed E-state index contributed by atoms with van der Waals surface area (Å²) < 4.78 is 0. The van der Waals surface area contributed by atoms with E-state index in [2.05, 4.69) is 18.7 Å². The number of likely N-dealkylation sites (N-methyl/N-ethyl adjacent to an activating group) is 1. The maximum atomic E-state index is 11.9. The summed E-state index contributed by atoms with van der Waals surface area (Å²) in [6.07, 6.45) is 0.990. The van der Waals surface area contributed by atoms with Crippen molar-refractivity contribution in [1.29, 1.82) is 0 Å². The van der Waals surface area contributed by atoms with Crippen LogP contribution in [0.1, 0.15) is 31.9 Å². The van der Waals surface area contributed by atoms with Crippen LogP contribution in [0.3, 0.4) is 0 Å². The van der Waals surface area contributed by atoms with Gasteiger partial charge in [0, 0.05) is 20.1 Å². The smallest absolute Gasteiger partial charge is 0.236 e. The van der Waals surface area contributed by atoms with Crippen LogP contribution in [0.15, 0.2) is 24.3 Å². The van der Waals surface area contributed by atoms with E-state index in [1.165, 1.54) is 0 Å². The average molecular weight is 264 g/mol. The summed E-state index contributed by atoms with van der Waals surface area (Å²) >= 11 is 0. The zero-order valence-corrected chi connectivity index (χ0v) is 12.3. The van der Waals surface area contributed by atoms with Crippen LogP contribution in [0.25, 0.3) is 0 Å². The molecule has 1 unspecified atom stereocenters. The Morgan fingerprint density at radius 1 is 1.37 bits per heavy atom. The van der Waals surface area contributed by atoms with Crippen LogP contribution >= 0.6 is 0 Å². The monoisotopic (exact) mass is 264 g/mol.